The Bertz CT molecular complexity index is 540. The first kappa shape index (κ1) is 11.6. The second kappa shape index (κ2) is 4.98. The number of pyridine rings is 1. The van der Waals surface area contributed by atoms with Gasteiger partial charge in [0.05, 0.1) is 5.56 Å². The molecular formula is C13H13N3S. The molecule has 2 rings (SSSR count). The molecule has 86 valence electrons. The summed E-state index contributed by atoms with van der Waals surface area (Å²) < 4.78 is 0. The van der Waals surface area contributed by atoms with Crippen LogP contribution in [0, 0.1) is 11.3 Å². The van der Waals surface area contributed by atoms with Gasteiger partial charge in [-0.1, -0.05) is 13.0 Å². The minimum absolute atomic E-state index is 0.227. The van der Waals surface area contributed by atoms with Crippen molar-refractivity contribution >= 4 is 16.3 Å². The van der Waals surface area contributed by atoms with Crippen LogP contribution < -0.4 is 5.73 Å². The molecule has 2 aromatic heterocycles. The summed E-state index contributed by atoms with van der Waals surface area (Å²) in [4.78, 5) is 5.49. The van der Waals surface area contributed by atoms with Crippen LogP contribution in [-0.4, -0.2) is 4.98 Å². The predicted octanol–water partition coefficient (Wildman–Crippen LogP) is 3.14. The van der Waals surface area contributed by atoms with Gasteiger partial charge in [-0.2, -0.15) is 5.26 Å². The van der Waals surface area contributed by atoms with Crippen molar-refractivity contribution in [2.24, 2.45) is 0 Å². The lowest BCUT2D eigenvalue weighted by Crippen LogP contribution is -1.99. The van der Waals surface area contributed by atoms with E-state index in [1.54, 1.807) is 6.20 Å². The van der Waals surface area contributed by atoms with Crippen molar-refractivity contribution in [3.8, 4) is 6.07 Å². The summed E-state index contributed by atoms with van der Waals surface area (Å²) >= 11 is 1.48. The van der Waals surface area contributed by atoms with Crippen molar-refractivity contribution in [2.75, 3.05) is 5.73 Å². The van der Waals surface area contributed by atoms with Gasteiger partial charge in [0.15, 0.2) is 0 Å². The molecule has 17 heavy (non-hydrogen) atoms. The van der Waals surface area contributed by atoms with Gasteiger partial charge in [-0.25, -0.2) is 0 Å². The number of thiophene rings is 1. The molecule has 0 saturated carbocycles. The van der Waals surface area contributed by atoms with E-state index < -0.39 is 0 Å². The van der Waals surface area contributed by atoms with Crippen LogP contribution in [0.25, 0.3) is 0 Å². The van der Waals surface area contributed by atoms with E-state index in [9.17, 15) is 0 Å². The fraction of sp³-hybridized carbons (Fsp3) is 0.231. The Morgan fingerprint density at radius 2 is 2.35 bits per heavy atom. The number of nitriles is 1. The topological polar surface area (TPSA) is 62.7 Å². The Hall–Kier alpha value is -1.86. The highest BCUT2D eigenvalue weighted by Crippen LogP contribution is 2.35. The van der Waals surface area contributed by atoms with E-state index in [0.717, 1.165) is 17.0 Å². The third-order valence-corrected chi connectivity index (χ3v) is 3.77. The highest BCUT2D eigenvalue weighted by Gasteiger charge is 2.17. The maximum absolute atomic E-state index is 8.92. The predicted molar refractivity (Wildman–Crippen MR) is 69.8 cm³/mol. The summed E-state index contributed by atoms with van der Waals surface area (Å²) in [5, 5.41) is 9.51. The Kier molecular flexibility index (Phi) is 3.40. The first-order valence-electron chi connectivity index (χ1n) is 5.46. The second-order valence-electron chi connectivity index (χ2n) is 3.75. The summed E-state index contributed by atoms with van der Waals surface area (Å²) in [7, 11) is 0. The van der Waals surface area contributed by atoms with Gasteiger partial charge in [-0.15, -0.1) is 11.3 Å². The zero-order chi connectivity index (χ0) is 12.3. The number of rotatable bonds is 3. The first-order valence-corrected chi connectivity index (χ1v) is 6.28. The van der Waals surface area contributed by atoms with Crippen LogP contribution in [-0.2, 0) is 0 Å². The van der Waals surface area contributed by atoms with Crippen LogP contribution in [0.5, 0.6) is 0 Å². The van der Waals surface area contributed by atoms with E-state index in [1.807, 2.05) is 24.3 Å². The maximum Gasteiger partial charge on any atom is 0.104 e. The standard InChI is InChI=1S/C13H13N3S/c1-2-10(11-5-3-4-6-16-11)12-7-9(8-14)13(15)17-12/h3-7,10H,2,15H2,1H3. The highest BCUT2D eigenvalue weighted by atomic mass is 32.1. The Morgan fingerprint density at radius 1 is 1.53 bits per heavy atom. The molecule has 3 nitrogen and oxygen atoms in total. The van der Waals surface area contributed by atoms with Crippen molar-refractivity contribution in [1.82, 2.24) is 4.98 Å². The monoisotopic (exact) mass is 243 g/mol. The van der Waals surface area contributed by atoms with Crippen molar-refractivity contribution in [1.29, 1.82) is 5.26 Å². The highest BCUT2D eigenvalue weighted by molar-refractivity contribution is 7.16. The molecule has 0 aliphatic heterocycles. The van der Waals surface area contributed by atoms with E-state index in [1.165, 1.54) is 11.3 Å². The number of aromatic nitrogens is 1. The maximum atomic E-state index is 8.92. The quantitative estimate of drug-likeness (QED) is 0.900. The molecule has 2 N–H and O–H groups in total. The number of nitrogens with two attached hydrogens (primary N) is 1. The number of nitrogen functional groups attached to an aromatic ring is 1. The number of anilines is 1. The van der Waals surface area contributed by atoms with Gasteiger partial charge >= 0.3 is 0 Å². The molecule has 0 saturated heterocycles. The summed E-state index contributed by atoms with van der Waals surface area (Å²) in [6.45, 7) is 2.11. The van der Waals surface area contributed by atoms with Gasteiger partial charge in [0, 0.05) is 22.7 Å². The molecule has 1 atom stereocenters. The minimum atomic E-state index is 0.227. The zero-order valence-electron chi connectivity index (χ0n) is 9.55. The van der Waals surface area contributed by atoms with Crippen LogP contribution >= 0.6 is 11.3 Å². The third kappa shape index (κ3) is 2.29. The summed E-state index contributed by atoms with van der Waals surface area (Å²) in [5.41, 5.74) is 7.40. The third-order valence-electron chi connectivity index (χ3n) is 2.70. The fourth-order valence-electron chi connectivity index (χ4n) is 1.82. The van der Waals surface area contributed by atoms with Crippen LogP contribution in [0.1, 0.15) is 35.4 Å². The van der Waals surface area contributed by atoms with Crippen molar-refractivity contribution in [3.05, 3.63) is 46.6 Å². The lowest BCUT2D eigenvalue weighted by atomic mass is 9.99. The number of hydrogen-bond acceptors (Lipinski definition) is 4. The molecule has 2 aromatic rings. The van der Waals surface area contributed by atoms with Gasteiger partial charge in [0.1, 0.15) is 11.1 Å². The molecule has 0 aliphatic rings. The summed E-state index contributed by atoms with van der Waals surface area (Å²) in [6, 6.07) is 9.88. The van der Waals surface area contributed by atoms with Crippen molar-refractivity contribution < 1.29 is 0 Å². The second-order valence-corrected chi connectivity index (χ2v) is 4.87. The summed E-state index contributed by atoms with van der Waals surface area (Å²) in [5.74, 6) is 0.227. The smallest absolute Gasteiger partial charge is 0.104 e. The Balaban J connectivity index is 2.40. The largest absolute Gasteiger partial charge is 0.389 e. The summed E-state index contributed by atoms with van der Waals surface area (Å²) in [6.07, 6.45) is 2.74. The molecule has 4 heteroatoms. The lowest BCUT2D eigenvalue weighted by molar-refractivity contribution is 0.763. The molecule has 0 aromatic carbocycles. The van der Waals surface area contributed by atoms with E-state index in [-0.39, 0.29) is 5.92 Å². The van der Waals surface area contributed by atoms with E-state index in [2.05, 4.69) is 18.0 Å². The van der Waals surface area contributed by atoms with Crippen LogP contribution in [0.4, 0.5) is 5.00 Å². The molecule has 1 unspecified atom stereocenters. The van der Waals surface area contributed by atoms with Crippen molar-refractivity contribution in [2.45, 2.75) is 19.3 Å². The average Bonchev–Trinajstić information content (AvgIpc) is 2.73. The molecular weight excluding hydrogens is 230 g/mol. The van der Waals surface area contributed by atoms with E-state index in [4.69, 9.17) is 11.0 Å². The van der Waals surface area contributed by atoms with Crippen LogP contribution in [0.15, 0.2) is 30.5 Å². The lowest BCUT2D eigenvalue weighted by Gasteiger charge is -2.11. The average molecular weight is 243 g/mol. The zero-order valence-corrected chi connectivity index (χ0v) is 10.4. The molecule has 2 heterocycles. The van der Waals surface area contributed by atoms with Gasteiger partial charge in [-0.3, -0.25) is 4.98 Å². The van der Waals surface area contributed by atoms with Crippen molar-refractivity contribution in [3.63, 3.8) is 0 Å². The normalized spacial score (nSPS) is 12.0. The van der Waals surface area contributed by atoms with Crippen LogP contribution in [0.2, 0.25) is 0 Å². The first-order chi connectivity index (χ1) is 8.26. The van der Waals surface area contributed by atoms with Gasteiger partial charge in [0.25, 0.3) is 0 Å². The van der Waals surface area contributed by atoms with E-state index in [0.29, 0.717) is 10.6 Å². The number of nitrogens with zero attached hydrogens (tertiary/aromatic N) is 2. The van der Waals surface area contributed by atoms with Gasteiger partial charge < -0.3 is 5.73 Å². The molecule has 0 aliphatic carbocycles. The molecule has 0 bridgehead atoms. The van der Waals surface area contributed by atoms with Gasteiger partial charge in [0.2, 0.25) is 0 Å². The molecule has 0 radical (unpaired) electrons. The Morgan fingerprint density at radius 3 is 2.88 bits per heavy atom. The molecule has 0 amide bonds. The van der Waals surface area contributed by atoms with Crippen LogP contribution in [0.3, 0.4) is 0 Å². The number of hydrogen-bond donors (Lipinski definition) is 1. The molecule has 0 fully saturated rings. The molecule has 0 spiro atoms. The minimum Gasteiger partial charge on any atom is -0.389 e. The van der Waals surface area contributed by atoms with E-state index >= 15 is 0 Å². The fourth-order valence-corrected chi connectivity index (χ4v) is 2.90. The Labute approximate surface area is 105 Å². The van der Waals surface area contributed by atoms with Gasteiger partial charge in [-0.05, 0) is 24.6 Å². The SMILES string of the molecule is CCC(c1ccccn1)c1cc(C#N)c(N)s1.